The maximum Gasteiger partial charge on any atom is 0.387 e. The smallest absolute Gasteiger partial charge is 0.387 e. The Morgan fingerprint density at radius 1 is 1.16 bits per heavy atom. The van der Waals surface area contributed by atoms with Crippen molar-refractivity contribution in [2.45, 2.75) is 44.2 Å². The van der Waals surface area contributed by atoms with E-state index in [-0.39, 0.29) is 35.6 Å². The van der Waals surface area contributed by atoms with Crippen LogP contribution in [-0.4, -0.2) is 55.4 Å². The van der Waals surface area contributed by atoms with E-state index in [1.165, 1.54) is 6.07 Å². The van der Waals surface area contributed by atoms with Crippen LogP contribution in [0.15, 0.2) is 54.6 Å². The zero-order chi connectivity index (χ0) is 22.4. The Labute approximate surface area is 186 Å². The highest BCUT2D eigenvalue weighted by Crippen LogP contribution is 2.38. The molecule has 172 valence electrons. The molecule has 32 heavy (non-hydrogen) atoms. The Morgan fingerprint density at radius 3 is 2.69 bits per heavy atom. The molecule has 0 aliphatic carbocycles. The van der Waals surface area contributed by atoms with E-state index in [0.717, 1.165) is 31.4 Å². The second-order valence-electron chi connectivity index (χ2n) is 8.21. The summed E-state index contributed by atoms with van der Waals surface area (Å²) in [6.45, 7) is -0.352. The standard InChI is InChI=1S/C24H28F2N2O4/c25-23(26)32-20-10-5-4-9-19(20)27-22(29)16-28-13-12-24(11-6-14-31-24)21(15-28)30-17-18-7-2-1-3-8-18/h1-5,7-10,21,23H,6,11-17H2,(H,27,29)/t21-,24-/m1/s1. The number of halogens is 2. The number of carbonyl (C=O) groups excluding carboxylic acids is 1. The third kappa shape index (κ3) is 5.62. The minimum atomic E-state index is -2.96. The van der Waals surface area contributed by atoms with Crippen LogP contribution in [0, 0.1) is 0 Å². The van der Waals surface area contributed by atoms with Crippen LogP contribution in [0.25, 0.3) is 0 Å². The molecule has 1 spiro atoms. The van der Waals surface area contributed by atoms with Gasteiger partial charge in [0.1, 0.15) is 5.75 Å². The Hall–Kier alpha value is -2.55. The predicted octanol–water partition coefficient (Wildman–Crippen LogP) is 4.07. The Kier molecular flexibility index (Phi) is 7.34. The van der Waals surface area contributed by atoms with Gasteiger partial charge in [0.2, 0.25) is 5.91 Å². The van der Waals surface area contributed by atoms with E-state index in [0.29, 0.717) is 19.7 Å². The van der Waals surface area contributed by atoms with Crippen molar-refractivity contribution in [3.63, 3.8) is 0 Å². The van der Waals surface area contributed by atoms with E-state index in [4.69, 9.17) is 9.47 Å². The molecule has 2 saturated heterocycles. The molecule has 2 aliphatic heterocycles. The van der Waals surface area contributed by atoms with Crippen LogP contribution in [-0.2, 0) is 20.9 Å². The number of piperidine rings is 1. The second kappa shape index (κ2) is 10.4. The summed E-state index contributed by atoms with van der Waals surface area (Å²) < 4.78 is 42.2. The van der Waals surface area contributed by atoms with Gasteiger partial charge in [0.15, 0.2) is 0 Å². The minimum absolute atomic E-state index is 0.0585. The van der Waals surface area contributed by atoms with Crippen LogP contribution in [0.5, 0.6) is 5.75 Å². The summed E-state index contributed by atoms with van der Waals surface area (Å²) in [6.07, 6.45) is 2.59. The number of nitrogens with zero attached hydrogens (tertiary/aromatic N) is 1. The molecule has 0 radical (unpaired) electrons. The van der Waals surface area contributed by atoms with Crippen molar-refractivity contribution < 1.29 is 27.8 Å². The van der Waals surface area contributed by atoms with Crippen LogP contribution in [0.3, 0.4) is 0 Å². The van der Waals surface area contributed by atoms with Gasteiger partial charge in [-0.1, -0.05) is 42.5 Å². The van der Waals surface area contributed by atoms with Crippen LogP contribution in [0.2, 0.25) is 0 Å². The first-order chi connectivity index (χ1) is 15.5. The molecule has 2 fully saturated rings. The fourth-order valence-electron chi connectivity index (χ4n) is 4.45. The van der Waals surface area contributed by atoms with Gasteiger partial charge in [0, 0.05) is 19.7 Å². The number of benzene rings is 2. The van der Waals surface area contributed by atoms with E-state index in [1.807, 2.05) is 35.2 Å². The summed E-state index contributed by atoms with van der Waals surface area (Å²) in [5, 5.41) is 2.69. The SMILES string of the molecule is O=C(CN1CC[C@]2(CCCO2)[C@H](OCc2ccccc2)C1)Nc1ccccc1OC(F)F. The highest BCUT2D eigenvalue weighted by Gasteiger charge is 2.47. The second-order valence-corrected chi connectivity index (χ2v) is 8.21. The van der Waals surface area contributed by atoms with E-state index in [2.05, 4.69) is 10.1 Å². The van der Waals surface area contributed by atoms with Gasteiger partial charge in [-0.2, -0.15) is 8.78 Å². The molecular weight excluding hydrogens is 418 g/mol. The highest BCUT2D eigenvalue weighted by atomic mass is 19.3. The molecule has 8 heteroatoms. The van der Waals surface area contributed by atoms with Gasteiger partial charge in [-0.15, -0.1) is 0 Å². The fourth-order valence-corrected chi connectivity index (χ4v) is 4.45. The number of carbonyl (C=O) groups is 1. The molecule has 0 unspecified atom stereocenters. The number of alkyl halides is 2. The van der Waals surface area contributed by atoms with Gasteiger partial charge >= 0.3 is 6.61 Å². The number of hydrogen-bond acceptors (Lipinski definition) is 5. The molecule has 6 nitrogen and oxygen atoms in total. The number of ether oxygens (including phenoxy) is 3. The molecule has 0 saturated carbocycles. The van der Waals surface area contributed by atoms with Gasteiger partial charge in [0.25, 0.3) is 0 Å². The van der Waals surface area contributed by atoms with E-state index >= 15 is 0 Å². The molecular formula is C24H28F2N2O4. The first-order valence-electron chi connectivity index (χ1n) is 10.9. The summed E-state index contributed by atoms with van der Waals surface area (Å²) >= 11 is 0. The fraction of sp³-hybridized carbons (Fsp3) is 0.458. The Balaban J connectivity index is 1.37. The molecule has 4 rings (SSSR count). The van der Waals surface area contributed by atoms with Gasteiger partial charge < -0.3 is 19.5 Å². The van der Waals surface area contributed by atoms with Crippen LogP contribution < -0.4 is 10.1 Å². The van der Waals surface area contributed by atoms with Crippen LogP contribution in [0.1, 0.15) is 24.8 Å². The first-order valence-corrected chi connectivity index (χ1v) is 10.9. The number of para-hydroxylation sites is 2. The van der Waals surface area contributed by atoms with Crippen molar-refractivity contribution >= 4 is 11.6 Å². The van der Waals surface area contributed by atoms with E-state index < -0.39 is 6.61 Å². The lowest BCUT2D eigenvalue weighted by molar-refractivity contribution is -0.159. The average molecular weight is 446 g/mol. The molecule has 0 bridgehead atoms. The third-order valence-corrected chi connectivity index (χ3v) is 6.03. The van der Waals surface area contributed by atoms with Gasteiger partial charge in [-0.25, -0.2) is 0 Å². The van der Waals surface area contributed by atoms with Crippen molar-refractivity contribution in [1.29, 1.82) is 0 Å². The number of rotatable bonds is 8. The number of amides is 1. The maximum absolute atomic E-state index is 12.6. The van der Waals surface area contributed by atoms with Gasteiger partial charge in [-0.3, -0.25) is 9.69 Å². The van der Waals surface area contributed by atoms with Crippen LogP contribution in [0.4, 0.5) is 14.5 Å². The average Bonchev–Trinajstić information content (AvgIpc) is 3.25. The molecule has 2 atom stereocenters. The van der Waals surface area contributed by atoms with Gasteiger partial charge in [-0.05, 0) is 37.0 Å². The zero-order valence-electron chi connectivity index (χ0n) is 17.8. The van der Waals surface area contributed by atoms with Crippen LogP contribution >= 0.6 is 0 Å². The molecule has 1 N–H and O–H groups in total. The number of hydrogen-bond donors (Lipinski definition) is 1. The summed E-state index contributed by atoms with van der Waals surface area (Å²) in [5.41, 5.74) is 1.01. The normalized spacial score (nSPS) is 23.5. The topological polar surface area (TPSA) is 60.0 Å². The molecule has 2 aromatic rings. The monoisotopic (exact) mass is 446 g/mol. The summed E-state index contributed by atoms with van der Waals surface area (Å²) in [7, 11) is 0. The summed E-state index contributed by atoms with van der Waals surface area (Å²) in [4.78, 5) is 14.7. The van der Waals surface area contributed by atoms with Crippen molar-refractivity contribution in [2.24, 2.45) is 0 Å². The lowest BCUT2D eigenvalue weighted by Crippen LogP contribution is -2.57. The zero-order valence-corrected chi connectivity index (χ0v) is 17.8. The van der Waals surface area contributed by atoms with Gasteiger partial charge in [0.05, 0.1) is 30.5 Å². The lowest BCUT2D eigenvalue weighted by Gasteiger charge is -2.44. The van der Waals surface area contributed by atoms with Crippen molar-refractivity contribution in [3.05, 3.63) is 60.2 Å². The van der Waals surface area contributed by atoms with Crippen molar-refractivity contribution in [2.75, 3.05) is 31.6 Å². The number of nitrogens with one attached hydrogen (secondary N) is 1. The van der Waals surface area contributed by atoms with Crippen molar-refractivity contribution in [1.82, 2.24) is 4.90 Å². The quantitative estimate of drug-likeness (QED) is 0.663. The largest absolute Gasteiger partial charge is 0.433 e. The molecule has 0 aromatic heterocycles. The molecule has 2 heterocycles. The summed E-state index contributed by atoms with van der Waals surface area (Å²) in [5.74, 6) is -0.350. The minimum Gasteiger partial charge on any atom is -0.433 e. The number of likely N-dealkylation sites (tertiary alicyclic amines) is 1. The summed E-state index contributed by atoms with van der Waals surface area (Å²) in [6, 6.07) is 16.1. The van der Waals surface area contributed by atoms with E-state index in [9.17, 15) is 13.6 Å². The molecule has 1 amide bonds. The first kappa shape index (κ1) is 22.6. The molecule has 2 aliphatic rings. The third-order valence-electron chi connectivity index (χ3n) is 6.03. The van der Waals surface area contributed by atoms with Crippen molar-refractivity contribution in [3.8, 4) is 5.75 Å². The van der Waals surface area contributed by atoms with E-state index in [1.54, 1.807) is 18.2 Å². The maximum atomic E-state index is 12.6. The highest BCUT2D eigenvalue weighted by molar-refractivity contribution is 5.93. The lowest BCUT2D eigenvalue weighted by atomic mass is 9.85. The predicted molar refractivity (Wildman–Crippen MR) is 116 cm³/mol. The molecule has 2 aromatic carbocycles. The Morgan fingerprint density at radius 2 is 1.94 bits per heavy atom. The Bertz CT molecular complexity index is 891. The number of anilines is 1.